The zero-order chi connectivity index (χ0) is 18.4. The molecule has 7 nitrogen and oxygen atoms in total. The molecule has 2 aromatic heterocycles. The maximum absolute atomic E-state index is 5.98. The van der Waals surface area contributed by atoms with Gasteiger partial charge >= 0.3 is 0 Å². The van der Waals surface area contributed by atoms with Crippen molar-refractivity contribution in [2.45, 2.75) is 20.4 Å². The van der Waals surface area contributed by atoms with Gasteiger partial charge in [-0.3, -0.25) is 4.90 Å². The first-order valence-electron chi connectivity index (χ1n) is 9.41. The number of hydrogen-bond acceptors (Lipinski definition) is 8. The second-order valence-corrected chi connectivity index (χ2v) is 8.78. The fourth-order valence-electron chi connectivity index (χ4n) is 4.40. The Bertz CT molecular complexity index is 923. The highest BCUT2D eigenvalue weighted by Gasteiger charge is 2.50. The molecule has 8 heteroatoms. The van der Waals surface area contributed by atoms with Crippen LogP contribution >= 0.6 is 11.3 Å². The summed E-state index contributed by atoms with van der Waals surface area (Å²) in [5, 5.41) is 10.1. The Morgan fingerprint density at radius 2 is 2.15 bits per heavy atom. The van der Waals surface area contributed by atoms with Crippen LogP contribution in [0.25, 0.3) is 11.1 Å². The van der Waals surface area contributed by atoms with Gasteiger partial charge in [0.1, 0.15) is 10.5 Å². The smallest absolute Gasteiger partial charge is 0.298 e. The molecule has 2 saturated heterocycles. The van der Waals surface area contributed by atoms with Gasteiger partial charge in [-0.15, -0.1) is 10.2 Å². The zero-order valence-electron chi connectivity index (χ0n) is 15.6. The van der Waals surface area contributed by atoms with Gasteiger partial charge in [0.25, 0.3) is 11.2 Å². The Balaban J connectivity index is 1.26. The van der Waals surface area contributed by atoms with Crippen LogP contribution in [0.2, 0.25) is 0 Å². The summed E-state index contributed by atoms with van der Waals surface area (Å²) in [5.41, 5.74) is 2.03. The summed E-state index contributed by atoms with van der Waals surface area (Å²) in [4.78, 5) is 9.47. The maximum Gasteiger partial charge on any atom is 0.298 e. The van der Waals surface area contributed by atoms with E-state index >= 15 is 0 Å². The largest absolute Gasteiger partial charge is 0.469 e. The van der Waals surface area contributed by atoms with Crippen LogP contribution in [0.1, 0.15) is 18.9 Å². The van der Waals surface area contributed by atoms with Crippen molar-refractivity contribution in [3.8, 4) is 5.19 Å². The third-order valence-corrected chi connectivity index (χ3v) is 6.49. The Hall–Kier alpha value is -2.19. The highest BCUT2D eigenvalue weighted by atomic mass is 32.1. The predicted molar refractivity (Wildman–Crippen MR) is 104 cm³/mol. The summed E-state index contributed by atoms with van der Waals surface area (Å²) < 4.78 is 11.4. The van der Waals surface area contributed by atoms with Crippen molar-refractivity contribution in [3.63, 3.8) is 0 Å². The zero-order valence-corrected chi connectivity index (χ0v) is 16.4. The lowest BCUT2D eigenvalue weighted by molar-refractivity contribution is 0.274. The Kier molecular flexibility index (Phi) is 4.05. The quantitative estimate of drug-likeness (QED) is 0.669. The number of para-hydroxylation sites is 2. The molecule has 2 atom stereocenters. The Labute approximate surface area is 162 Å². The molecular formula is C19H23N5O2S. The lowest BCUT2D eigenvalue weighted by Crippen LogP contribution is -2.32. The van der Waals surface area contributed by atoms with Gasteiger partial charge in [-0.1, -0.05) is 30.4 Å². The number of oxazole rings is 1. The fourth-order valence-corrected chi connectivity index (χ4v) is 5.19. The fraction of sp³-hybridized carbons (Fsp3) is 0.526. The van der Waals surface area contributed by atoms with Crippen molar-refractivity contribution < 1.29 is 9.15 Å². The summed E-state index contributed by atoms with van der Waals surface area (Å²) in [7, 11) is 0. The van der Waals surface area contributed by atoms with Crippen molar-refractivity contribution in [1.29, 1.82) is 0 Å². The second-order valence-electron chi connectivity index (χ2n) is 7.76. The van der Waals surface area contributed by atoms with Crippen LogP contribution in [-0.2, 0) is 6.54 Å². The highest BCUT2D eigenvalue weighted by Crippen LogP contribution is 2.44. The normalized spacial score (nSPS) is 25.4. The molecule has 0 unspecified atom stereocenters. The van der Waals surface area contributed by atoms with E-state index in [1.165, 1.54) is 0 Å². The SMILES string of the molecule is CCOc1nnc(CN2C[C@@H]3CN(c4nc5ccccc5o4)C[C@]3(C)C2)s1. The van der Waals surface area contributed by atoms with E-state index in [1.54, 1.807) is 11.3 Å². The predicted octanol–water partition coefficient (Wildman–Crippen LogP) is 3.04. The molecule has 0 radical (unpaired) electrons. The summed E-state index contributed by atoms with van der Waals surface area (Å²) >= 11 is 1.55. The minimum absolute atomic E-state index is 0.244. The monoisotopic (exact) mass is 385 g/mol. The molecule has 1 aromatic carbocycles. The molecule has 0 aliphatic carbocycles. The van der Waals surface area contributed by atoms with Crippen LogP contribution < -0.4 is 9.64 Å². The Morgan fingerprint density at radius 3 is 2.96 bits per heavy atom. The standard InChI is InChI=1S/C19H23N5O2S/c1-3-25-18-22-21-16(27-18)10-23-8-13-9-24(12-19(13,2)11-23)17-20-14-6-4-5-7-15(14)26-17/h4-7,13H,3,8-12H2,1-2H3/t13-,19+/m1/s1. The van der Waals surface area contributed by atoms with Crippen LogP contribution in [0, 0.1) is 11.3 Å². The number of likely N-dealkylation sites (tertiary alicyclic amines) is 1. The minimum Gasteiger partial charge on any atom is -0.469 e. The lowest BCUT2D eigenvalue weighted by Gasteiger charge is -2.24. The number of fused-ring (bicyclic) bond motifs is 2. The molecule has 2 fully saturated rings. The van der Waals surface area contributed by atoms with Gasteiger partial charge in [0.15, 0.2) is 5.58 Å². The van der Waals surface area contributed by atoms with Gasteiger partial charge in [-0.2, -0.15) is 4.98 Å². The summed E-state index contributed by atoms with van der Waals surface area (Å²) in [6, 6.07) is 8.71. The van der Waals surface area contributed by atoms with Crippen molar-refractivity contribution in [2.24, 2.45) is 11.3 Å². The number of benzene rings is 1. The topological polar surface area (TPSA) is 67.5 Å². The first-order chi connectivity index (χ1) is 13.1. The second kappa shape index (κ2) is 6.45. The van der Waals surface area contributed by atoms with E-state index < -0.39 is 0 Å². The molecule has 0 spiro atoms. The van der Waals surface area contributed by atoms with E-state index in [0.29, 0.717) is 17.7 Å². The maximum atomic E-state index is 5.98. The average Bonchev–Trinajstić information content (AvgIpc) is 3.37. The van der Waals surface area contributed by atoms with Gasteiger partial charge in [-0.05, 0) is 25.0 Å². The van der Waals surface area contributed by atoms with Gasteiger partial charge < -0.3 is 14.1 Å². The first-order valence-corrected chi connectivity index (χ1v) is 10.2. The van der Waals surface area contributed by atoms with E-state index in [9.17, 15) is 0 Å². The van der Waals surface area contributed by atoms with Crippen molar-refractivity contribution >= 4 is 28.5 Å². The molecular weight excluding hydrogens is 362 g/mol. The van der Waals surface area contributed by atoms with Crippen LogP contribution in [0.5, 0.6) is 5.19 Å². The third kappa shape index (κ3) is 3.06. The van der Waals surface area contributed by atoms with Crippen LogP contribution in [-0.4, -0.2) is 52.9 Å². The van der Waals surface area contributed by atoms with Crippen molar-refractivity contribution in [1.82, 2.24) is 20.1 Å². The molecule has 5 rings (SSSR count). The number of hydrogen-bond donors (Lipinski definition) is 0. The molecule has 0 N–H and O–H groups in total. The lowest BCUT2D eigenvalue weighted by atomic mass is 9.83. The molecule has 4 heterocycles. The first kappa shape index (κ1) is 16.9. The van der Waals surface area contributed by atoms with Crippen LogP contribution in [0.3, 0.4) is 0 Å². The molecule has 27 heavy (non-hydrogen) atoms. The Morgan fingerprint density at radius 1 is 1.26 bits per heavy atom. The van der Waals surface area contributed by atoms with Crippen molar-refractivity contribution in [3.05, 3.63) is 29.3 Å². The minimum atomic E-state index is 0.244. The van der Waals surface area contributed by atoms with Gasteiger partial charge in [0.05, 0.1) is 13.2 Å². The number of nitrogens with zero attached hydrogens (tertiary/aromatic N) is 5. The van der Waals surface area contributed by atoms with Gasteiger partial charge in [-0.25, -0.2) is 0 Å². The van der Waals surface area contributed by atoms with E-state index in [2.05, 4.69) is 31.9 Å². The molecule has 0 saturated carbocycles. The van der Waals surface area contributed by atoms with E-state index in [1.807, 2.05) is 31.2 Å². The molecule has 142 valence electrons. The summed E-state index contributed by atoms with van der Waals surface area (Å²) in [6.45, 7) is 9.90. The molecule has 0 amide bonds. The van der Waals surface area contributed by atoms with E-state index in [4.69, 9.17) is 9.15 Å². The number of rotatable bonds is 5. The molecule has 2 aliphatic heterocycles. The molecule has 0 bridgehead atoms. The number of aromatic nitrogens is 3. The van der Waals surface area contributed by atoms with Gasteiger partial charge in [0, 0.05) is 31.6 Å². The summed E-state index contributed by atoms with van der Waals surface area (Å²) in [6.07, 6.45) is 0. The number of ether oxygens (including phenoxy) is 1. The van der Waals surface area contributed by atoms with Crippen LogP contribution in [0.15, 0.2) is 28.7 Å². The third-order valence-electron chi connectivity index (χ3n) is 5.67. The molecule has 3 aromatic rings. The van der Waals surface area contributed by atoms with Gasteiger partial charge in [0.2, 0.25) is 0 Å². The highest BCUT2D eigenvalue weighted by molar-refractivity contribution is 7.13. The van der Waals surface area contributed by atoms with Crippen LogP contribution in [0.4, 0.5) is 6.01 Å². The van der Waals surface area contributed by atoms with E-state index in [-0.39, 0.29) is 5.41 Å². The summed E-state index contributed by atoms with van der Waals surface area (Å²) in [5.74, 6) is 0.604. The van der Waals surface area contributed by atoms with Crippen molar-refractivity contribution in [2.75, 3.05) is 37.7 Å². The number of anilines is 1. The van der Waals surface area contributed by atoms with E-state index in [0.717, 1.165) is 54.8 Å². The molecule has 2 aliphatic rings. The average molecular weight is 385 g/mol.